The summed E-state index contributed by atoms with van der Waals surface area (Å²) in [5.74, 6) is 0.662. The molecule has 0 aromatic heterocycles. The smallest absolute Gasteiger partial charge is 0.240 e. The van der Waals surface area contributed by atoms with Crippen LogP contribution in [0.5, 0.6) is 0 Å². The molecule has 2 N–H and O–H groups in total. The van der Waals surface area contributed by atoms with Gasteiger partial charge in [-0.1, -0.05) is 0 Å². The van der Waals surface area contributed by atoms with Crippen molar-refractivity contribution in [3.8, 4) is 0 Å². The molecule has 0 aromatic carbocycles. The average Bonchev–Trinajstić information content (AvgIpc) is 2.79. The number of hydrogen-bond acceptors (Lipinski definition) is 3. The van der Waals surface area contributed by atoms with Crippen LogP contribution in [0.3, 0.4) is 0 Å². The highest BCUT2D eigenvalue weighted by atomic mass is 16.5. The van der Waals surface area contributed by atoms with Crippen molar-refractivity contribution in [1.29, 1.82) is 0 Å². The highest BCUT2D eigenvalue weighted by molar-refractivity contribution is 5.85. The van der Waals surface area contributed by atoms with E-state index in [0.29, 0.717) is 5.92 Å². The lowest BCUT2D eigenvalue weighted by Gasteiger charge is -2.33. The molecule has 2 rings (SSSR count). The monoisotopic (exact) mass is 226 g/mol. The van der Waals surface area contributed by atoms with Crippen molar-refractivity contribution in [3.05, 3.63) is 0 Å². The van der Waals surface area contributed by atoms with Crippen LogP contribution in [0.4, 0.5) is 0 Å². The van der Waals surface area contributed by atoms with Gasteiger partial charge in [-0.05, 0) is 39.2 Å². The number of piperidine rings is 1. The Morgan fingerprint density at radius 2 is 2.44 bits per heavy atom. The molecule has 4 heteroatoms. The molecule has 2 atom stereocenters. The number of nitrogens with one attached hydrogen (secondary N) is 2. The number of amides is 1. The van der Waals surface area contributed by atoms with Crippen molar-refractivity contribution < 1.29 is 9.53 Å². The third-order valence-electron chi connectivity index (χ3n) is 3.70. The Labute approximate surface area is 97.1 Å². The van der Waals surface area contributed by atoms with Crippen LogP contribution in [0, 0.1) is 5.92 Å². The minimum Gasteiger partial charge on any atom is -0.381 e. The Morgan fingerprint density at radius 1 is 1.56 bits per heavy atom. The maximum absolute atomic E-state index is 12.1. The first-order chi connectivity index (χ1) is 7.71. The van der Waals surface area contributed by atoms with Crippen LogP contribution < -0.4 is 10.6 Å². The molecule has 4 nitrogen and oxygen atoms in total. The van der Waals surface area contributed by atoms with Crippen LogP contribution in [-0.2, 0) is 9.53 Å². The SMILES string of the molecule is CC1(C(=O)NCC2CCOC2)CCCCN1. The number of carbonyl (C=O) groups excluding carboxylic acids is 1. The van der Waals surface area contributed by atoms with E-state index < -0.39 is 0 Å². The van der Waals surface area contributed by atoms with Crippen molar-refractivity contribution >= 4 is 5.91 Å². The summed E-state index contributed by atoms with van der Waals surface area (Å²) in [5, 5.41) is 6.38. The minimum atomic E-state index is -0.349. The van der Waals surface area contributed by atoms with Gasteiger partial charge in [0.25, 0.3) is 0 Å². The molecule has 0 spiro atoms. The van der Waals surface area contributed by atoms with Crippen LogP contribution >= 0.6 is 0 Å². The van der Waals surface area contributed by atoms with Gasteiger partial charge in [0.1, 0.15) is 0 Å². The topological polar surface area (TPSA) is 50.4 Å². The largest absolute Gasteiger partial charge is 0.381 e. The third-order valence-corrected chi connectivity index (χ3v) is 3.70. The molecule has 2 heterocycles. The molecular formula is C12H22N2O2. The van der Waals surface area contributed by atoms with Gasteiger partial charge >= 0.3 is 0 Å². The van der Waals surface area contributed by atoms with Gasteiger partial charge in [0.05, 0.1) is 12.1 Å². The summed E-state index contributed by atoms with van der Waals surface area (Å²) in [6.45, 7) is 5.36. The Hall–Kier alpha value is -0.610. The van der Waals surface area contributed by atoms with Crippen molar-refractivity contribution in [3.63, 3.8) is 0 Å². The van der Waals surface area contributed by atoms with E-state index in [1.807, 2.05) is 6.92 Å². The molecule has 1 amide bonds. The van der Waals surface area contributed by atoms with Gasteiger partial charge in [-0.3, -0.25) is 4.79 Å². The van der Waals surface area contributed by atoms with Gasteiger partial charge in [-0.25, -0.2) is 0 Å². The molecule has 2 aliphatic rings. The minimum absolute atomic E-state index is 0.152. The molecule has 0 bridgehead atoms. The first kappa shape index (κ1) is 11.9. The van der Waals surface area contributed by atoms with E-state index in [1.165, 1.54) is 6.42 Å². The van der Waals surface area contributed by atoms with E-state index >= 15 is 0 Å². The summed E-state index contributed by atoms with van der Waals surface area (Å²) in [5.41, 5.74) is -0.349. The predicted molar refractivity (Wildman–Crippen MR) is 62.2 cm³/mol. The fourth-order valence-corrected chi connectivity index (χ4v) is 2.43. The Morgan fingerprint density at radius 3 is 3.06 bits per heavy atom. The van der Waals surface area contributed by atoms with E-state index in [4.69, 9.17) is 4.74 Å². The van der Waals surface area contributed by atoms with E-state index in [0.717, 1.165) is 45.6 Å². The number of rotatable bonds is 3. The van der Waals surface area contributed by atoms with Gasteiger partial charge < -0.3 is 15.4 Å². The molecule has 2 aliphatic heterocycles. The van der Waals surface area contributed by atoms with Crippen LogP contribution in [0.1, 0.15) is 32.6 Å². The number of hydrogen-bond donors (Lipinski definition) is 2. The maximum atomic E-state index is 12.1. The first-order valence-corrected chi connectivity index (χ1v) is 6.32. The second-order valence-corrected chi connectivity index (χ2v) is 5.16. The van der Waals surface area contributed by atoms with Crippen molar-refractivity contribution in [1.82, 2.24) is 10.6 Å². The third kappa shape index (κ3) is 2.74. The Kier molecular flexibility index (Phi) is 3.82. The highest BCUT2D eigenvalue weighted by Gasteiger charge is 2.34. The second-order valence-electron chi connectivity index (χ2n) is 5.16. The van der Waals surface area contributed by atoms with E-state index in [9.17, 15) is 4.79 Å². The van der Waals surface area contributed by atoms with Gasteiger partial charge in [-0.15, -0.1) is 0 Å². The van der Waals surface area contributed by atoms with Gasteiger partial charge in [-0.2, -0.15) is 0 Å². The second kappa shape index (κ2) is 5.15. The van der Waals surface area contributed by atoms with Gasteiger partial charge in [0.2, 0.25) is 5.91 Å². The predicted octanol–water partition coefficient (Wildman–Crippen LogP) is 0.671. The van der Waals surface area contributed by atoms with Crippen LogP contribution in [0.2, 0.25) is 0 Å². The van der Waals surface area contributed by atoms with Crippen molar-refractivity contribution in [2.24, 2.45) is 5.92 Å². The zero-order chi connectivity index (χ0) is 11.4. The molecule has 2 unspecified atom stereocenters. The molecule has 92 valence electrons. The molecule has 2 saturated heterocycles. The van der Waals surface area contributed by atoms with Crippen molar-refractivity contribution in [2.75, 3.05) is 26.3 Å². The van der Waals surface area contributed by atoms with E-state index in [2.05, 4.69) is 10.6 Å². The zero-order valence-electron chi connectivity index (χ0n) is 10.1. The molecule has 0 saturated carbocycles. The van der Waals surface area contributed by atoms with E-state index in [1.54, 1.807) is 0 Å². The average molecular weight is 226 g/mol. The lowest BCUT2D eigenvalue weighted by atomic mass is 9.90. The summed E-state index contributed by atoms with van der Waals surface area (Å²) in [6.07, 6.45) is 4.34. The number of ether oxygens (including phenoxy) is 1. The zero-order valence-corrected chi connectivity index (χ0v) is 10.1. The molecule has 0 aromatic rings. The fourth-order valence-electron chi connectivity index (χ4n) is 2.43. The van der Waals surface area contributed by atoms with Gasteiger partial charge in [0.15, 0.2) is 0 Å². The quantitative estimate of drug-likeness (QED) is 0.743. The van der Waals surface area contributed by atoms with E-state index in [-0.39, 0.29) is 11.4 Å². The molecule has 16 heavy (non-hydrogen) atoms. The molecule has 0 radical (unpaired) electrons. The summed E-state index contributed by atoms with van der Waals surface area (Å²) in [6, 6.07) is 0. The van der Waals surface area contributed by atoms with Crippen LogP contribution in [0.15, 0.2) is 0 Å². The Bertz CT molecular complexity index is 243. The van der Waals surface area contributed by atoms with Crippen molar-refractivity contribution in [2.45, 2.75) is 38.1 Å². The fraction of sp³-hybridized carbons (Fsp3) is 0.917. The lowest BCUT2D eigenvalue weighted by Crippen LogP contribution is -2.57. The van der Waals surface area contributed by atoms with Crippen LogP contribution in [-0.4, -0.2) is 37.7 Å². The highest BCUT2D eigenvalue weighted by Crippen LogP contribution is 2.19. The lowest BCUT2D eigenvalue weighted by molar-refractivity contribution is -0.128. The molecule has 2 fully saturated rings. The van der Waals surface area contributed by atoms with Crippen LogP contribution in [0.25, 0.3) is 0 Å². The number of carbonyl (C=O) groups is 1. The molecule has 0 aliphatic carbocycles. The summed E-state index contributed by atoms with van der Waals surface area (Å²) in [7, 11) is 0. The molecular weight excluding hydrogens is 204 g/mol. The summed E-state index contributed by atoms with van der Waals surface area (Å²) in [4.78, 5) is 12.1. The Balaban J connectivity index is 1.77. The summed E-state index contributed by atoms with van der Waals surface area (Å²) < 4.78 is 5.29. The maximum Gasteiger partial charge on any atom is 0.240 e. The standard InChI is InChI=1S/C12H22N2O2/c1-12(5-2-3-6-14-12)11(15)13-8-10-4-7-16-9-10/h10,14H,2-9H2,1H3,(H,13,15). The normalized spacial score (nSPS) is 34.9. The first-order valence-electron chi connectivity index (χ1n) is 6.32. The van der Waals surface area contributed by atoms with Gasteiger partial charge in [0, 0.05) is 19.1 Å². The summed E-state index contributed by atoms with van der Waals surface area (Å²) >= 11 is 0.